The highest BCUT2D eigenvalue weighted by molar-refractivity contribution is 6.35. The van der Waals surface area contributed by atoms with Crippen LogP contribution in [0.25, 0.3) is 10.9 Å². The molecule has 0 saturated heterocycles. The Morgan fingerprint density at radius 2 is 1.88 bits per heavy atom. The summed E-state index contributed by atoms with van der Waals surface area (Å²) in [6.07, 6.45) is 0. The van der Waals surface area contributed by atoms with E-state index in [4.69, 9.17) is 27.9 Å². The second-order valence-corrected chi connectivity index (χ2v) is 6.92. The molecule has 1 heterocycles. The second kappa shape index (κ2) is 9.63. The molecule has 3 nitrogen and oxygen atoms in total. The Kier molecular flexibility index (Phi) is 7.81. The van der Waals surface area contributed by atoms with E-state index in [2.05, 4.69) is 41.1 Å². The Labute approximate surface area is 170 Å². The van der Waals surface area contributed by atoms with Crippen LogP contribution in [0.15, 0.2) is 42.5 Å². The van der Waals surface area contributed by atoms with Crippen LogP contribution in [0, 0.1) is 6.92 Å². The molecule has 0 spiro atoms. The van der Waals surface area contributed by atoms with Crippen molar-refractivity contribution in [2.75, 3.05) is 20.3 Å². The number of rotatable bonds is 7. The van der Waals surface area contributed by atoms with Crippen LogP contribution in [0.4, 0.5) is 0 Å². The number of hydrogen-bond donors (Lipinski definition) is 1. The maximum Gasteiger partial charge on any atom is 0.0587 e. The largest absolute Gasteiger partial charge is 0.383 e. The highest BCUT2D eigenvalue weighted by atomic mass is 35.5. The molecule has 1 N–H and O–H groups in total. The number of para-hydroxylation sites is 1. The monoisotopic (exact) mass is 412 g/mol. The molecule has 0 atom stereocenters. The van der Waals surface area contributed by atoms with Gasteiger partial charge in [-0.15, -0.1) is 12.4 Å². The highest BCUT2D eigenvalue weighted by Crippen LogP contribution is 2.29. The van der Waals surface area contributed by atoms with Crippen LogP contribution in [0.5, 0.6) is 0 Å². The van der Waals surface area contributed by atoms with Gasteiger partial charge in [0.25, 0.3) is 0 Å². The van der Waals surface area contributed by atoms with Crippen molar-refractivity contribution in [1.29, 1.82) is 0 Å². The molecule has 0 bridgehead atoms. The van der Waals surface area contributed by atoms with Gasteiger partial charge >= 0.3 is 0 Å². The molecule has 0 aliphatic rings. The van der Waals surface area contributed by atoms with Crippen molar-refractivity contribution in [2.45, 2.75) is 20.0 Å². The Balaban J connectivity index is 0.00000243. The summed E-state index contributed by atoms with van der Waals surface area (Å²) >= 11 is 12.4. The Bertz CT molecular complexity index is 877. The number of methoxy groups -OCH3 is 1. The van der Waals surface area contributed by atoms with E-state index in [1.54, 1.807) is 13.2 Å². The number of ether oxygens (including phenoxy) is 1. The summed E-state index contributed by atoms with van der Waals surface area (Å²) in [5, 5.41) is 6.08. The van der Waals surface area contributed by atoms with Gasteiger partial charge in [-0.25, -0.2) is 0 Å². The number of benzene rings is 2. The zero-order valence-corrected chi connectivity index (χ0v) is 17.2. The molecular weight excluding hydrogens is 391 g/mol. The molecule has 0 radical (unpaired) electrons. The SMILES string of the molecule is COCCNCc1c(C)n(Cc2ccc(Cl)cc2Cl)c2ccccc12.Cl. The predicted molar refractivity (Wildman–Crippen MR) is 113 cm³/mol. The molecule has 0 unspecified atom stereocenters. The molecule has 140 valence electrons. The van der Waals surface area contributed by atoms with Crippen LogP contribution in [-0.2, 0) is 17.8 Å². The van der Waals surface area contributed by atoms with Crippen LogP contribution in [0.2, 0.25) is 10.0 Å². The highest BCUT2D eigenvalue weighted by Gasteiger charge is 2.14. The van der Waals surface area contributed by atoms with Crippen molar-refractivity contribution in [3.05, 3.63) is 69.3 Å². The summed E-state index contributed by atoms with van der Waals surface area (Å²) in [5.41, 5.74) is 4.84. The Morgan fingerprint density at radius 3 is 2.62 bits per heavy atom. The average Bonchev–Trinajstić information content (AvgIpc) is 2.86. The molecule has 0 amide bonds. The molecule has 0 fully saturated rings. The molecule has 3 aromatic rings. The van der Waals surface area contributed by atoms with Gasteiger partial charge in [0.15, 0.2) is 0 Å². The summed E-state index contributed by atoms with van der Waals surface area (Å²) < 4.78 is 7.43. The summed E-state index contributed by atoms with van der Waals surface area (Å²) in [4.78, 5) is 0. The zero-order chi connectivity index (χ0) is 17.8. The van der Waals surface area contributed by atoms with E-state index in [0.29, 0.717) is 16.7 Å². The van der Waals surface area contributed by atoms with Gasteiger partial charge in [0, 0.05) is 53.4 Å². The minimum atomic E-state index is 0. The van der Waals surface area contributed by atoms with Crippen molar-refractivity contribution in [2.24, 2.45) is 0 Å². The lowest BCUT2D eigenvalue weighted by Crippen LogP contribution is -2.19. The van der Waals surface area contributed by atoms with E-state index < -0.39 is 0 Å². The maximum atomic E-state index is 6.38. The van der Waals surface area contributed by atoms with E-state index in [1.165, 1.54) is 22.2 Å². The summed E-state index contributed by atoms with van der Waals surface area (Å²) in [6.45, 7) is 5.24. The first kappa shape index (κ1) is 21.1. The van der Waals surface area contributed by atoms with Crippen molar-refractivity contribution >= 4 is 46.5 Å². The van der Waals surface area contributed by atoms with Crippen LogP contribution < -0.4 is 5.32 Å². The first-order chi connectivity index (χ1) is 12.1. The first-order valence-electron chi connectivity index (χ1n) is 8.32. The van der Waals surface area contributed by atoms with Crippen LogP contribution in [0.3, 0.4) is 0 Å². The number of nitrogens with one attached hydrogen (secondary N) is 1. The molecule has 3 rings (SSSR count). The number of nitrogens with zero attached hydrogens (tertiary/aromatic N) is 1. The molecule has 2 aromatic carbocycles. The maximum absolute atomic E-state index is 6.38. The summed E-state index contributed by atoms with van der Waals surface area (Å²) in [6, 6.07) is 14.2. The van der Waals surface area contributed by atoms with Crippen LogP contribution >= 0.6 is 35.6 Å². The summed E-state index contributed by atoms with van der Waals surface area (Å²) in [7, 11) is 1.72. The molecular formula is C20H23Cl3N2O. The Morgan fingerprint density at radius 1 is 1.12 bits per heavy atom. The van der Waals surface area contributed by atoms with Gasteiger partial charge in [-0.1, -0.05) is 47.5 Å². The van der Waals surface area contributed by atoms with Gasteiger partial charge < -0.3 is 14.6 Å². The van der Waals surface area contributed by atoms with E-state index in [9.17, 15) is 0 Å². The van der Waals surface area contributed by atoms with Crippen LogP contribution in [0.1, 0.15) is 16.8 Å². The predicted octanol–water partition coefficient (Wildman–Crippen LogP) is 5.46. The summed E-state index contributed by atoms with van der Waals surface area (Å²) in [5.74, 6) is 0. The van der Waals surface area contributed by atoms with Gasteiger partial charge in [-0.05, 0) is 36.2 Å². The third-order valence-electron chi connectivity index (χ3n) is 4.49. The quantitative estimate of drug-likeness (QED) is 0.520. The van der Waals surface area contributed by atoms with Crippen LogP contribution in [-0.4, -0.2) is 24.8 Å². The molecule has 26 heavy (non-hydrogen) atoms. The lowest BCUT2D eigenvalue weighted by atomic mass is 10.1. The molecule has 6 heteroatoms. The van der Waals surface area contributed by atoms with E-state index in [0.717, 1.165) is 25.2 Å². The van der Waals surface area contributed by atoms with Gasteiger partial charge in [0.2, 0.25) is 0 Å². The Hall–Kier alpha value is -1.23. The fourth-order valence-electron chi connectivity index (χ4n) is 3.14. The van der Waals surface area contributed by atoms with Gasteiger partial charge in [0.1, 0.15) is 0 Å². The standard InChI is InChI=1S/C20H22Cl2N2O.ClH/c1-14-18(12-23-9-10-25-2)17-5-3-4-6-20(17)24(14)13-15-7-8-16(21)11-19(15)22;/h3-8,11,23H,9-10,12-13H2,1-2H3;1H. The van der Waals surface area contributed by atoms with Gasteiger partial charge in [0.05, 0.1) is 6.61 Å². The number of fused-ring (bicyclic) bond motifs is 1. The smallest absolute Gasteiger partial charge is 0.0587 e. The minimum Gasteiger partial charge on any atom is -0.383 e. The number of aromatic nitrogens is 1. The van der Waals surface area contributed by atoms with Crippen molar-refractivity contribution in [3.8, 4) is 0 Å². The van der Waals surface area contributed by atoms with Crippen molar-refractivity contribution in [3.63, 3.8) is 0 Å². The van der Waals surface area contributed by atoms with Crippen molar-refractivity contribution in [1.82, 2.24) is 9.88 Å². The third-order valence-corrected chi connectivity index (χ3v) is 5.08. The molecule has 0 aliphatic heterocycles. The zero-order valence-electron chi connectivity index (χ0n) is 14.9. The minimum absolute atomic E-state index is 0. The molecule has 0 aliphatic carbocycles. The average molecular weight is 414 g/mol. The van der Waals surface area contributed by atoms with Crippen molar-refractivity contribution < 1.29 is 4.74 Å². The van der Waals surface area contributed by atoms with E-state index in [1.807, 2.05) is 12.1 Å². The lowest BCUT2D eigenvalue weighted by molar-refractivity contribution is 0.199. The molecule has 0 saturated carbocycles. The number of halogens is 3. The third kappa shape index (κ3) is 4.54. The normalized spacial score (nSPS) is 10.9. The topological polar surface area (TPSA) is 26.2 Å². The fraction of sp³-hybridized carbons (Fsp3) is 0.300. The van der Waals surface area contributed by atoms with E-state index >= 15 is 0 Å². The first-order valence-corrected chi connectivity index (χ1v) is 9.07. The number of hydrogen-bond acceptors (Lipinski definition) is 2. The molecule has 1 aromatic heterocycles. The van der Waals surface area contributed by atoms with Gasteiger partial charge in [-0.3, -0.25) is 0 Å². The van der Waals surface area contributed by atoms with Gasteiger partial charge in [-0.2, -0.15) is 0 Å². The van der Waals surface area contributed by atoms with E-state index in [-0.39, 0.29) is 12.4 Å². The fourth-order valence-corrected chi connectivity index (χ4v) is 3.61. The second-order valence-electron chi connectivity index (χ2n) is 6.07. The lowest BCUT2D eigenvalue weighted by Gasteiger charge is -2.11.